The van der Waals surface area contributed by atoms with Crippen molar-refractivity contribution >= 4 is 11.4 Å². The zero-order chi connectivity index (χ0) is 12.7. The third-order valence-electron chi connectivity index (χ3n) is 2.04. The second-order valence-corrected chi connectivity index (χ2v) is 3.44. The Morgan fingerprint density at radius 2 is 2.12 bits per heavy atom. The van der Waals surface area contributed by atoms with E-state index in [9.17, 15) is 10.1 Å². The minimum atomic E-state index is -0.524. The van der Waals surface area contributed by atoms with Gasteiger partial charge in [-0.25, -0.2) is 0 Å². The minimum absolute atomic E-state index is 0.0991. The highest BCUT2D eigenvalue weighted by Crippen LogP contribution is 2.25. The second kappa shape index (κ2) is 6.70. The van der Waals surface area contributed by atoms with Crippen LogP contribution in [0.1, 0.15) is 13.3 Å². The van der Waals surface area contributed by atoms with Crippen LogP contribution >= 0.6 is 0 Å². The fourth-order valence-electron chi connectivity index (χ4n) is 1.25. The molecule has 0 radical (unpaired) electrons. The number of anilines is 1. The van der Waals surface area contributed by atoms with E-state index in [0.29, 0.717) is 25.6 Å². The first-order valence-electron chi connectivity index (χ1n) is 5.39. The molecule has 0 aliphatic carbocycles. The molecule has 0 amide bonds. The van der Waals surface area contributed by atoms with Gasteiger partial charge in [0, 0.05) is 18.7 Å². The van der Waals surface area contributed by atoms with Crippen LogP contribution in [0.15, 0.2) is 18.2 Å². The first-order chi connectivity index (χ1) is 8.15. The molecule has 1 aromatic carbocycles. The van der Waals surface area contributed by atoms with Crippen LogP contribution in [0.2, 0.25) is 0 Å². The van der Waals surface area contributed by atoms with Crippen LogP contribution in [0, 0.1) is 10.1 Å². The molecule has 2 N–H and O–H groups in total. The van der Waals surface area contributed by atoms with Crippen molar-refractivity contribution in [1.29, 1.82) is 0 Å². The van der Waals surface area contributed by atoms with E-state index in [4.69, 9.17) is 15.2 Å². The molecule has 0 atom stereocenters. The molecular weight excluding hydrogens is 224 g/mol. The standard InChI is InChI=1S/C11H16N2O4/c1-2-5-16-6-7-17-9-3-4-11(13(14)15)10(12)8-9/h3-4,8H,2,5-7,12H2,1H3. The predicted octanol–water partition coefficient (Wildman–Crippen LogP) is 1.98. The molecule has 0 spiro atoms. The number of rotatable bonds is 7. The maximum absolute atomic E-state index is 10.5. The highest BCUT2D eigenvalue weighted by atomic mass is 16.6. The Morgan fingerprint density at radius 1 is 1.35 bits per heavy atom. The molecule has 94 valence electrons. The van der Waals surface area contributed by atoms with Gasteiger partial charge in [-0.2, -0.15) is 0 Å². The van der Waals surface area contributed by atoms with E-state index >= 15 is 0 Å². The second-order valence-electron chi connectivity index (χ2n) is 3.44. The third-order valence-corrected chi connectivity index (χ3v) is 2.04. The van der Waals surface area contributed by atoms with Gasteiger partial charge in [0.15, 0.2) is 0 Å². The molecule has 0 aliphatic heterocycles. The van der Waals surface area contributed by atoms with E-state index in [1.165, 1.54) is 18.2 Å². The quantitative estimate of drug-likeness (QED) is 0.341. The van der Waals surface area contributed by atoms with Crippen LogP contribution < -0.4 is 10.5 Å². The van der Waals surface area contributed by atoms with E-state index in [0.717, 1.165) is 6.42 Å². The number of nitrogens with zero attached hydrogens (tertiary/aromatic N) is 1. The lowest BCUT2D eigenvalue weighted by atomic mass is 10.2. The lowest BCUT2D eigenvalue weighted by Gasteiger charge is -2.07. The van der Waals surface area contributed by atoms with Gasteiger partial charge >= 0.3 is 0 Å². The molecule has 0 unspecified atom stereocenters. The van der Waals surface area contributed by atoms with Crippen LogP contribution in [0.25, 0.3) is 0 Å². The molecule has 0 aromatic heterocycles. The van der Waals surface area contributed by atoms with Crippen LogP contribution in [-0.2, 0) is 4.74 Å². The Morgan fingerprint density at radius 3 is 2.71 bits per heavy atom. The van der Waals surface area contributed by atoms with Gasteiger partial charge in [-0.3, -0.25) is 10.1 Å². The van der Waals surface area contributed by atoms with Crippen LogP contribution in [0.4, 0.5) is 11.4 Å². The lowest BCUT2D eigenvalue weighted by Crippen LogP contribution is -2.07. The molecule has 6 nitrogen and oxygen atoms in total. The van der Waals surface area contributed by atoms with Crippen LogP contribution in [0.3, 0.4) is 0 Å². The van der Waals surface area contributed by atoms with E-state index in [1.54, 1.807) is 0 Å². The molecule has 6 heteroatoms. The Labute approximate surface area is 99.5 Å². The van der Waals surface area contributed by atoms with Gasteiger partial charge < -0.3 is 15.2 Å². The number of hydrogen-bond acceptors (Lipinski definition) is 5. The molecule has 0 heterocycles. The first kappa shape index (κ1) is 13.2. The SMILES string of the molecule is CCCOCCOc1ccc([N+](=O)[O-])c(N)c1. The molecule has 0 saturated carbocycles. The fraction of sp³-hybridized carbons (Fsp3) is 0.455. The van der Waals surface area contributed by atoms with Crippen LogP contribution in [0.5, 0.6) is 5.75 Å². The van der Waals surface area contributed by atoms with E-state index < -0.39 is 4.92 Å². The monoisotopic (exact) mass is 240 g/mol. The summed E-state index contributed by atoms with van der Waals surface area (Å²) in [5, 5.41) is 10.5. The molecular formula is C11H16N2O4. The Balaban J connectivity index is 2.45. The Hall–Kier alpha value is -1.82. The van der Waals surface area contributed by atoms with Gasteiger partial charge in [-0.15, -0.1) is 0 Å². The average Bonchev–Trinajstić information content (AvgIpc) is 2.28. The summed E-state index contributed by atoms with van der Waals surface area (Å²) in [5.41, 5.74) is 5.51. The number of hydrogen-bond donors (Lipinski definition) is 1. The predicted molar refractivity (Wildman–Crippen MR) is 64.1 cm³/mol. The summed E-state index contributed by atoms with van der Waals surface area (Å²) in [4.78, 5) is 10.0. The summed E-state index contributed by atoms with van der Waals surface area (Å²) >= 11 is 0. The molecule has 1 aromatic rings. The van der Waals surface area contributed by atoms with Gasteiger partial charge in [0.05, 0.1) is 11.5 Å². The number of benzene rings is 1. The van der Waals surface area contributed by atoms with Gasteiger partial charge in [0.2, 0.25) is 0 Å². The summed E-state index contributed by atoms with van der Waals surface area (Å²) in [6, 6.07) is 4.30. The Kier molecular flexibility index (Phi) is 5.22. The zero-order valence-corrected chi connectivity index (χ0v) is 9.72. The maximum Gasteiger partial charge on any atom is 0.292 e. The largest absolute Gasteiger partial charge is 0.491 e. The smallest absolute Gasteiger partial charge is 0.292 e. The number of nitrogen functional groups attached to an aromatic ring is 1. The first-order valence-corrected chi connectivity index (χ1v) is 5.39. The average molecular weight is 240 g/mol. The van der Waals surface area contributed by atoms with E-state index in [1.807, 2.05) is 6.92 Å². The van der Waals surface area contributed by atoms with Gasteiger partial charge in [0.25, 0.3) is 5.69 Å². The van der Waals surface area contributed by atoms with Crippen molar-refractivity contribution in [3.8, 4) is 5.75 Å². The molecule has 17 heavy (non-hydrogen) atoms. The topological polar surface area (TPSA) is 87.6 Å². The zero-order valence-electron chi connectivity index (χ0n) is 9.72. The minimum Gasteiger partial charge on any atom is -0.491 e. The highest BCUT2D eigenvalue weighted by Gasteiger charge is 2.11. The molecule has 1 rings (SSSR count). The molecule has 0 saturated heterocycles. The number of nitro benzene ring substituents is 1. The summed E-state index contributed by atoms with van der Waals surface area (Å²) < 4.78 is 10.6. The van der Waals surface area contributed by atoms with Crippen molar-refractivity contribution in [2.75, 3.05) is 25.6 Å². The molecule has 0 bridgehead atoms. The summed E-state index contributed by atoms with van der Waals surface area (Å²) in [5.74, 6) is 0.508. The number of ether oxygens (including phenoxy) is 2. The van der Waals surface area contributed by atoms with E-state index in [-0.39, 0.29) is 11.4 Å². The van der Waals surface area contributed by atoms with Crippen molar-refractivity contribution in [3.63, 3.8) is 0 Å². The summed E-state index contributed by atoms with van der Waals surface area (Å²) in [6.45, 7) is 3.62. The van der Waals surface area contributed by atoms with E-state index in [2.05, 4.69) is 0 Å². The highest BCUT2D eigenvalue weighted by molar-refractivity contribution is 5.60. The van der Waals surface area contributed by atoms with Gasteiger partial charge in [-0.1, -0.05) is 6.92 Å². The lowest BCUT2D eigenvalue weighted by molar-refractivity contribution is -0.383. The summed E-state index contributed by atoms with van der Waals surface area (Å²) in [7, 11) is 0. The van der Waals surface area contributed by atoms with Crippen molar-refractivity contribution in [2.24, 2.45) is 0 Å². The summed E-state index contributed by atoms with van der Waals surface area (Å²) in [6.07, 6.45) is 0.963. The molecule has 0 fully saturated rings. The van der Waals surface area contributed by atoms with Gasteiger partial charge in [0.1, 0.15) is 18.0 Å². The fourth-order valence-corrected chi connectivity index (χ4v) is 1.25. The third kappa shape index (κ3) is 4.28. The number of nitrogens with two attached hydrogens (primary N) is 1. The van der Waals surface area contributed by atoms with Crippen molar-refractivity contribution < 1.29 is 14.4 Å². The van der Waals surface area contributed by atoms with Crippen LogP contribution in [-0.4, -0.2) is 24.7 Å². The molecule has 0 aliphatic rings. The van der Waals surface area contributed by atoms with Crippen molar-refractivity contribution in [2.45, 2.75) is 13.3 Å². The van der Waals surface area contributed by atoms with Crippen molar-refractivity contribution in [3.05, 3.63) is 28.3 Å². The normalized spacial score (nSPS) is 10.2. The number of nitro groups is 1. The van der Waals surface area contributed by atoms with Crippen molar-refractivity contribution in [1.82, 2.24) is 0 Å². The van der Waals surface area contributed by atoms with Gasteiger partial charge in [-0.05, 0) is 12.5 Å². The maximum atomic E-state index is 10.5. The Bertz CT molecular complexity index is 382.